The average Bonchev–Trinajstić information content (AvgIpc) is 3.21. The van der Waals surface area contributed by atoms with Crippen LogP contribution in [0.4, 0.5) is 0 Å². The zero-order chi connectivity index (χ0) is 14.0. The second-order valence-corrected chi connectivity index (χ2v) is 5.84. The van der Waals surface area contributed by atoms with Gasteiger partial charge in [0.1, 0.15) is 0 Å². The second-order valence-electron chi connectivity index (χ2n) is 5.84. The molecule has 20 heavy (non-hydrogen) atoms. The summed E-state index contributed by atoms with van der Waals surface area (Å²) >= 11 is 0. The number of rotatable bonds is 4. The first-order chi connectivity index (χ1) is 9.68. The number of nitrogens with one attached hydrogen (secondary N) is 2. The molecule has 2 N–H and O–H groups in total. The summed E-state index contributed by atoms with van der Waals surface area (Å²) in [7, 11) is 0. The maximum absolute atomic E-state index is 11.3. The summed E-state index contributed by atoms with van der Waals surface area (Å²) in [6.45, 7) is 6.85. The van der Waals surface area contributed by atoms with Crippen molar-refractivity contribution in [1.82, 2.24) is 20.5 Å². The Morgan fingerprint density at radius 3 is 2.70 bits per heavy atom. The smallest absolute Gasteiger partial charge is 0.217 e. The summed E-state index contributed by atoms with van der Waals surface area (Å²) in [5.74, 6) is 0.0224. The van der Waals surface area contributed by atoms with Gasteiger partial charge in [-0.1, -0.05) is 6.07 Å². The summed E-state index contributed by atoms with van der Waals surface area (Å²) in [5.41, 5.74) is 2.06. The van der Waals surface area contributed by atoms with Gasteiger partial charge in [-0.2, -0.15) is 0 Å². The number of pyridine rings is 1. The molecule has 2 fully saturated rings. The van der Waals surface area contributed by atoms with E-state index in [0.29, 0.717) is 0 Å². The fraction of sp³-hybridized carbons (Fsp3) is 0.600. The van der Waals surface area contributed by atoms with Crippen LogP contribution in [0.2, 0.25) is 0 Å². The molecule has 108 valence electrons. The van der Waals surface area contributed by atoms with Gasteiger partial charge in [0.2, 0.25) is 5.91 Å². The minimum Gasteiger partial charge on any atom is -0.345 e. The van der Waals surface area contributed by atoms with E-state index in [4.69, 9.17) is 0 Å². The van der Waals surface area contributed by atoms with Crippen LogP contribution in [0, 0.1) is 0 Å². The third-order valence-electron chi connectivity index (χ3n) is 4.10. The van der Waals surface area contributed by atoms with E-state index in [2.05, 4.69) is 32.7 Å². The molecule has 1 aromatic rings. The molecule has 1 saturated carbocycles. The number of carbonyl (C=O) groups excluding carboxylic acids is 1. The van der Waals surface area contributed by atoms with Gasteiger partial charge in [-0.3, -0.25) is 14.7 Å². The van der Waals surface area contributed by atoms with Gasteiger partial charge < -0.3 is 10.6 Å². The predicted octanol–water partition coefficient (Wildman–Crippen LogP) is 0.612. The molecular weight excluding hydrogens is 252 g/mol. The lowest BCUT2D eigenvalue weighted by Gasteiger charge is -2.27. The van der Waals surface area contributed by atoms with Crippen LogP contribution in [-0.4, -0.2) is 42.0 Å². The number of amides is 1. The van der Waals surface area contributed by atoms with Gasteiger partial charge in [0.25, 0.3) is 0 Å². The average molecular weight is 274 g/mol. The molecule has 5 heteroatoms. The standard InChI is InChI=1S/C15H22N4O/c1-12(20)18-15(4-5-15)14-3-2-13(10-17-14)11-19-8-6-16-7-9-19/h2-3,10,16H,4-9,11H2,1H3,(H,18,20). The first kappa shape index (κ1) is 13.5. The van der Waals surface area contributed by atoms with Crippen LogP contribution in [0.1, 0.15) is 31.0 Å². The highest BCUT2D eigenvalue weighted by Gasteiger charge is 2.46. The van der Waals surface area contributed by atoms with E-state index < -0.39 is 0 Å². The highest BCUT2D eigenvalue weighted by Crippen LogP contribution is 2.44. The third-order valence-corrected chi connectivity index (χ3v) is 4.10. The van der Waals surface area contributed by atoms with Crippen molar-refractivity contribution in [3.63, 3.8) is 0 Å². The number of aromatic nitrogens is 1. The van der Waals surface area contributed by atoms with E-state index in [9.17, 15) is 4.79 Å². The summed E-state index contributed by atoms with van der Waals surface area (Å²) in [4.78, 5) is 18.3. The van der Waals surface area contributed by atoms with E-state index in [1.165, 1.54) is 5.56 Å². The van der Waals surface area contributed by atoms with Crippen molar-refractivity contribution >= 4 is 5.91 Å². The van der Waals surface area contributed by atoms with E-state index in [-0.39, 0.29) is 11.4 Å². The molecule has 1 saturated heterocycles. The quantitative estimate of drug-likeness (QED) is 0.845. The van der Waals surface area contributed by atoms with Crippen LogP contribution in [0.15, 0.2) is 18.3 Å². The Morgan fingerprint density at radius 1 is 1.40 bits per heavy atom. The summed E-state index contributed by atoms with van der Waals surface area (Å²) in [6.07, 6.45) is 3.95. The molecule has 2 heterocycles. The van der Waals surface area contributed by atoms with Crippen molar-refractivity contribution in [1.29, 1.82) is 0 Å². The van der Waals surface area contributed by atoms with Crippen molar-refractivity contribution in [3.05, 3.63) is 29.6 Å². The lowest BCUT2D eigenvalue weighted by Crippen LogP contribution is -2.42. The predicted molar refractivity (Wildman–Crippen MR) is 77.1 cm³/mol. The molecule has 0 bridgehead atoms. The maximum Gasteiger partial charge on any atom is 0.217 e. The third kappa shape index (κ3) is 2.99. The van der Waals surface area contributed by atoms with Crippen molar-refractivity contribution in [2.24, 2.45) is 0 Å². The van der Waals surface area contributed by atoms with Gasteiger partial charge in [0.05, 0.1) is 11.2 Å². The summed E-state index contributed by atoms with van der Waals surface area (Å²) < 4.78 is 0. The largest absolute Gasteiger partial charge is 0.345 e. The van der Waals surface area contributed by atoms with Gasteiger partial charge in [-0.25, -0.2) is 0 Å². The highest BCUT2D eigenvalue weighted by atomic mass is 16.1. The first-order valence-electron chi connectivity index (χ1n) is 7.35. The SMILES string of the molecule is CC(=O)NC1(c2ccc(CN3CCNCC3)cn2)CC1. The van der Waals surface area contributed by atoms with Crippen LogP contribution >= 0.6 is 0 Å². The van der Waals surface area contributed by atoms with E-state index in [0.717, 1.165) is 51.3 Å². The molecule has 1 aromatic heterocycles. The second kappa shape index (κ2) is 5.50. The zero-order valence-corrected chi connectivity index (χ0v) is 12.0. The number of piperazine rings is 1. The minimum atomic E-state index is -0.181. The van der Waals surface area contributed by atoms with Gasteiger partial charge in [0.15, 0.2) is 0 Å². The van der Waals surface area contributed by atoms with Gasteiger partial charge in [-0.15, -0.1) is 0 Å². The molecular formula is C15H22N4O. The molecule has 0 unspecified atom stereocenters. The molecule has 5 nitrogen and oxygen atoms in total. The molecule has 0 spiro atoms. The van der Waals surface area contributed by atoms with Gasteiger partial charge >= 0.3 is 0 Å². The van der Waals surface area contributed by atoms with Crippen LogP contribution < -0.4 is 10.6 Å². The van der Waals surface area contributed by atoms with Crippen LogP contribution in [0.3, 0.4) is 0 Å². The number of nitrogens with zero attached hydrogens (tertiary/aromatic N) is 2. The van der Waals surface area contributed by atoms with Crippen molar-refractivity contribution in [2.45, 2.75) is 31.8 Å². The maximum atomic E-state index is 11.3. The molecule has 0 atom stereocenters. The van der Waals surface area contributed by atoms with Crippen molar-refractivity contribution in [2.75, 3.05) is 26.2 Å². The fourth-order valence-corrected chi connectivity index (χ4v) is 2.84. The van der Waals surface area contributed by atoms with E-state index in [1.807, 2.05) is 6.20 Å². The van der Waals surface area contributed by atoms with Crippen LogP contribution in [0.25, 0.3) is 0 Å². The van der Waals surface area contributed by atoms with E-state index >= 15 is 0 Å². The molecule has 0 radical (unpaired) electrons. The summed E-state index contributed by atoms with van der Waals surface area (Å²) in [6, 6.07) is 4.22. The Bertz CT molecular complexity index is 475. The minimum absolute atomic E-state index is 0.0224. The fourth-order valence-electron chi connectivity index (χ4n) is 2.84. The Balaban J connectivity index is 1.64. The zero-order valence-electron chi connectivity index (χ0n) is 12.0. The lowest BCUT2D eigenvalue weighted by atomic mass is 10.1. The Morgan fingerprint density at radius 2 is 2.15 bits per heavy atom. The summed E-state index contributed by atoms with van der Waals surface area (Å²) in [5, 5.41) is 6.39. The van der Waals surface area contributed by atoms with Crippen LogP contribution in [-0.2, 0) is 16.9 Å². The van der Waals surface area contributed by atoms with Crippen LogP contribution in [0.5, 0.6) is 0 Å². The Hall–Kier alpha value is -1.46. The first-order valence-corrected chi connectivity index (χ1v) is 7.35. The number of carbonyl (C=O) groups is 1. The van der Waals surface area contributed by atoms with Gasteiger partial charge in [-0.05, 0) is 24.5 Å². The molecule has 2 aliphatic rings. The normalized spacial score (nSPS) is 21.4. The molecule has 3 rings (SSSR count). The topological polar surface area (TPSA) is 57.3 Å². The van der Waals surface area contributed by atoms with Crippen molar-refractivity contribution < 1.29 is 4.79 Å². The van der Waals surface area contributed by atoms with E-state index in [1.54, 1.807) is 6.92 Å². The van der Waals surface area contributed by atoms with Crippen molar-refractivity contribution in [3.8, 4) is 0 Å². The number of hydrogen-bond acceptors (Lipinski definition) is 4. The molecule has 1 aliphatic carbocycles. The van der Waals surface area contributed by atoms with Gasteiger partial charge in [0, 0.05) is 45.8 Å². The number of hydrogen-bond donors (Lipinski definition) is 2. The Labute approximate surface area is 119 Å². The molecule has 0 aromatic carbocycles. The molecule has 1 aliphatic heterocycles. The molecule has 1 amide bonds. The Kier molecular flexibility index (Phi) is 3.72. The monoisotopic (exact) mass is 274 g/mol. The highest BCUT2D eigenvalue weighted by molar-refractivity contribution is 5.74. The lowest BCUT2D eigenvalue weighted by molar-refractivity contribution is -0.120.